The molecule has 1 unspecified atom stereocenters. The van der Waals surface area contributed by atoms with Gasteiger partial charge in [0.15, 0.2) is 0 Å². The molecule has 1 aromatic heterocycles. The summed E-state index contributed by atoms with van der Waals surface area (Å²) in [6.07, 6.45) is 14.4. The summed E-state index contributed by atoms with van der Waals surface area (Å²) < 4.78 is 1.86. The van der Waals surface area contributed by atoms with Crippen molar-refractivity contribution in [3.63, 3.8) is 0 Å². The van der Waals surface area contributed by atoms with E-state index in [2.05, 4.69) is 40.2 Å². The van der Waals surface area contributed by atoms with Crippen LogP contribution in [-0.2, 0) is 11.3 Å². The maximum atomic E-state index is 12.6. The zero-order valence-corrected chi connectivity index (χ0v) is 17.2. The minimum absolute atomic E-state index is 0.216. The predicted molar refractivity (Wildman–Crippen MR) is 113 cm³/mol. The van der Waals surface area contributed by atoms with Crippen LogP contribution in [0.5, 0.6) is 0 Å². The van der Waals surface area contributed by atoms with E-state index in [-0.39, 0.29) is 5.91 Å². The van der Waals surface area contributed by atoms with Crippen LogP contribution in [0.15, 0.2) is 49.1 Å². The molecule has 0 radical (unpaired) electrons. The van der Waals surface area contributed by atoms with Crippen LogP contribution in [-0.4, -0.2) is 50.9 Å². The summed E-state index contributed by atoms with van der Waals surface area (Å²) >= 11 is 0. The molecule has 1 spiro atoms. The van der Waals surface area contributed by atoms with Gasteiger partial charge in [-0.15, -0.1) is 0 Å². The van der Waals surface area contributed by atoms with Gasteiger partial charge in [0.1, 0.15) is 6.54 Å². The molecule has 1 aliphatic carbocycles. The van der Waals surface area contributed by atoms with Crippen LogP contribution in [0.25, 0.3) is 0 Å². The van der Waals surface area contributed by atoms with Gasteiger partial charge in [0, 0.05) is 49.5 Å². The third-order valence-electron chi connectivity index (χ3n) is 7.54. The first-order valence-corrected chi connectivity index (χ1v) is 11.3. The van der Waals surface area contributed by atoms with Crippen molar-refractivity contribution in [2.24, 2.45) is 5.41 Å². The van der Waals surface area contributed by atoms with Crippen LogP contribution in [0.3, 0.4) is 0 Å². The largest absolute Gasteiger partial charge is 0.341 e. The molecule has 0 bridgehead atoms. The van der Waals surface area contributed by atoms with Crippen LogP contribution < -0.4 is 0 Å². The van der Waals surface area contributed by atoms with Crippen molar-refractivity contribution in [3.8, 4) is 0 Å². The number of hydrogen-bond donors (Lipinski definition) is 0. The molecule has 3 fully saturated rings. The predicted octanol–water partition coefficient (Wildman–Crippen LogP) is 3.88. The monoisotopic (exact) mass is 392 g/mol. The lowest BCUT2D eigenvalue weighted by atomic mass is 9.60. The maximum Gasteiger partial charge on any atom is 0.242 e. The van der Waals surface area contributed by atoms with Crippen LogP contribution in [0, 0.1) is 5.41 Å². The van der Waals surface area contributed by atoms with E-state index in [1.807, 2.05) is 15.7 Å². The summed E-state index contributed by atoms with van der Waals surface area (Å²) in [5.41, 5.74) is 1.99. The van der Waals surface area contributed by atoms with Crippen molar-refractivity contribution >= 4 is 5.91 Å². The second-order valence-electron chi connectivity index (χ2n) is 9.26. The quantitative estimate of drug-likeness (QED) is 0.793. The van der Waals surface area contributed by atoms with Gasteiger partial charge in [-0.3, -0.25) is 9.69 Å². The van der Waals surface area contributed by atoms with Crippen LogP contribution in [0.1, 0.15) is 56.6 Å². The van der Waals surface area contributed by atoms with Gasteiger partial charge < -0.3 is 9.47 Å². The fourth-order valence-corrected chi connectivity index (χ4v) is 6.07. The number of rotatable bonds is 4. The van der Waals surface area contributed by atoms with Crippen LogP contribution in [0.2, 0.25) is 0 Å². The summed E-state index contributed by atoms with van der Waals surface area (Å²) in [6, 6.07) is 12.4. The van der Waals surface area contributed by atoms with Crippen LogP contribution >= 0.6 is 0 Å². The van der Waals surface area contributed by atoms with Crippen molar-refractivity contribution < 1.29 is 4.79 Å². The Morgan fingerprint density at radius 2 is 1.83 bits per heavy atom. The zero-order chi connectivity index (χ0) is 19.7. The van der Waals surface area contributed by atoms with Crippen molar-refractivity contribution in [1.29, 1.82) is 0 Å². The zero-order valence-electron chi connectivity index (χ0n) is 17.2. The highest BCUT2D eigenvalue weighted by Gasteiger charge is 2.54. The number of imidazole rings is 1. The van der Waals surface area contributed by atoms with E-state index in [9.17, 15) is 4.79 Å². The molecule has 2 saturated heterocycles. The molecular formula is C24H32N4O. The molecular weight excluding hydrogens is 360 g/mol. The van der Waals surface area contributed by atoms with Gasteiger partial charge in [0.25, 0.3) is 0 Å². The fourth-order valence-electron chi connectivity index (χ4n) is 6.07. The highest BCUT2D eigenvalue weighted by Crippen LogP contribution is 2.58. The SMILES string of the molecule is O=C(Cn1ccnc1)N1CCC(N2CC3(CCCCC3)C2c2ccccc2)CC1. The number of likely N-dealkylation sites (tertiary alicyclic amines) is 2. The maximum absolute atomic E-state index is 12.6. The minimum atomic E-state index is 0.216. The highest BCUT2D eigenvalue weighted by atomic mass is 16.2. The summed E-state index contributed by atoms with van der Waals surface area (Å²) in [7, 11) is 0. The Morgan fingerprint density at radius 3 is 2.52 bits per heavy atom. The normalized spacial score (nSPS) is 25.1. The van der Waals surface area contributed by atoms with E-state index in [1.165, 1.54) is 44.2 Å². The van der Waals surface area contributed by atoms with Gasteiger partial charge in [0.05, 0.1) is 6.33 Å². The Balaban J connectivity index is 1.25. The molecule has 1 amide bonds. The summed E-state index contributed by atoms with van der Waals surface area (Å²) in [5.74, 6) is 0.216. The number of nitrogens with zero attached hydrogens (tertiary/aromatic N) is 4. The summed E-state index contributed by atoms with van der Waals surface area (Å²) in [4.78, 5) is 21.5. The smallest absolute Gasteiger partial charge is 0.242 e. The third-order valence-corrected chi connectivity index (χ3v) is 7.54. The van der Waals surface area contributed by atoms with E-state index < -0.39 is 0 Å². The van der Waals surface area contributed by atoms with Gasteiger partial charge in [-0.05, 0) is 31.2 Å². The molecule has 1 atom stereocenters. The standard InChI is InChI=1S/C24H32N4O/c29-22(17-26-16-13-25-19-26)27-14-9-21(10-15-27)28-18-24(11-5-2-6-12-24)23(28)20-7-3-1-4-8-20/h1,3-4,7-8,13,16,19,21,23H,2,5-6,9-12,14-15,17-18H2. The second-order valence-corrected chi connectivity index (χ2v) is 9.26. The number of hydrogen-bond acceptors (Lipinski definition) is 3. The lowest BCUT2D eigenvalue weighted by Crippen LogP contribution is -2.63. The van der Waals surface area contributed by atoms with Gasteiger partial charge in [-0.25, -0.2) is 4.98 Å². The first-order valence-electron chi connectivity index (χ1n) is 11.3. The second kappa shape index (κ2) is 7.94. The van der Waals surface area contributed by atoms with E-state index in [0.717, 1.165) is 25.9 Å². The Hall–Kier alpha value is -2.14. The van der Waals surface area contributed by atoms with Crippen LogP contribution in [0.4, 0.5) is 0 Å². The molecule has 29 heavy (non-hydrogen) atoms. The number of benzene rings is 1. The first kappa shape index (κ1) is 18.9. The van der Waals surface area contributed by atoms with E-state index >= 15 is 0 Å². The molecule has 1 aromatic carbocycles. The Bertz CT molecular complexity index is 805. The molecule has 5 rings (SSSR count). The molecule has 1 saturated carbocycles. The molecule has 2 aliphatic heterocycles. The molecule has 5 heteroatoms. The molecule has 2 aromatic rings. The summed E-state index contributed by atoms with van der Waals surface area (Å²) in [6.45, 7) is 3.41. The van der Waals surface area contributed by atoms with Crippen molar-refractivity contribution in [2.45, 2.75) is 63.6 Å². The number of piperidine rings is 1. The Labute approximate surface area is 173 Å². The highest BCUT2D eigenvalue weighted by molar-refractivity contribution is 5.76. The first-order chi connectivity index (χ1) is 14.3. The van der Waals surface area contributed by atoms with Gasteiger partial charge in [-0.2, -0.15) is 0 Å². The Kier molecular flexibility index (Phi) is 5.17. The minimum Gasteiger partial charge on any atom is -0.341 e. The topological polar surface area (TPSA) is 41.4 Å². The van der Waals surface area contributed by atoms with E-state index in [1.54, 1.807) is 12.5 Å². The number of aromatic nitrogens is 2. The van der Waals surface area contributed by atoms with Crippen molar-refractivity contribution in [1.82, 2.24) is 19.4 Å². The lowest BCUT2D eigenvalue weighted by Gasteiger charge is -2.63. The van der Waals surface area contributed by atoms with E-state index in [0.29, 0.717) is 24.0 Å². The van der Waals surface area contributed by atoms with Gasteiger partial charge >= 0.3 is 0 Å². The lowest BCUT2D eigenvalue weighted by molar-refractivity contribution is -0.144. The number of carbonyl (C=O) groups excluding carboxylic acids is 1. The molecule has 0 N–H and O–H groups in total. The third kappa shape index (κ3) is 3.61. The molecule has 5 nitrogen and oxygen atoms in total. The Morgan fingerprint density at radius 1 is 1.07 bits per heavy atom. The molecule has 3 aliphatic rings. The average Bonchev–Trinajstić information content (AvgIpc) is 3.27. The molecule has 154 valence electrons. The number of carbonyl (C=O) groups is 1. The van der Waals surface area contributed by atoms with Gasteiger partial charge in [0.2, 0.25) is 5.91 Å². The van der Waals surface area contributed by atoms with E-state index in [4.69, 9.17) is 0 Å². The molecule has 3 heterocycles. The average molecular weight is 393 g/mol. The fraction of sp³-hybridized carbons (Fsp3) is 0.583. The number of amides is 1. The van der Waals surface area contributed by atoms with Crippen molar-refractivity contribution in [2.75, 3.05) is 19.6 Å². The van der Waals surface area contributed by atoms with Gasteiger partial charge in [-0.1, -0.05) is 49.6 Å². The van der Waals surface area contributed by atoms with Crippen molar-refractivity contribution in [3.05, 3.63) is 54.6 Å². The summed E-state index contributed by atoms with van der Waals surface area (Å²) in [5, 5.41) is 0.